The van der Waals surface area contributed by atoms with E-state index in [9.17, 15) is 32.5 Å². The van der Waals surface area contributed by atoms with E-state index in [-0.39, 0.29) is 68.6 Å². The molecule has 0 saturated carbocycles. The molecule has 6 atom stereocenters. The number of aliphatic hydroxyl groups excluding tert-OH is 4. The molecule has 1 unspecified atom stereocenters. The maximum absolute atomic E-state index is 11.1. The normalized spacial score (nSPS) is 31.2. The second-order valence-corrected chi connectivity index (χ2v) is 8.86. The quantitative estimate of drug-likeness (QED) is 0.0674. The van der Waals surface area contributed by atoms with E-state index in [0.717, 1.165) is 0 Å². The van der Waals surface area contributed by atoms with Gasteiger partial charge in [-0.25, -0.2) is 0 Å². The first-order valence-corrected chi connectivity index (χ1v) is 11.0. The van der Waals surface area contributed by atoms with E-state index in [1.54, 1.807) is 0 Å². The second kappa shape index (κ2) is 12.8. The van der Waals surface area contributed by atoms with Crippen LogP contribution in [0.1, 0.15) is 12.8 Å². The molecule has 0 aromatic rings. The number of nitrogens with zero attached hydrogens (tertiary/aromatic N) is 1. The van der Waals surface area contributed by atoms with Crippen molar-refractivity contribution in [3.05, 3.63) is 0 Å². The van der Waals surface area contributed by atoms with Crippen LogP contribution in [0.2, 0.25) is 0 Å². The van der Waals surface area contributed by atoms with Crippen LogP contribution in [0, 0.1) is 0 Å². The Morgan fingerprint density at radius 3 is 2.42 bits per heavy atom. The standard InChI is InChI=1S/C11H21NO10S3.K/c1-24(17)4-2-3-7(12-22-25(18,19)20)23-11-10(16)9(15)8(14)6(5-13)21-11;/h6,8-11,13-16H,2-5H2,1H3,(H,18,19,20);/q;+1/p-1/t6-,8-,9+,10-,11+,24?;/m1./s1. The van der Waals surface area contributed by atoms with Crippen LogP contribution in [0.3, 0.4) is 0 Å². The zero-order valence-electron chi connectivity index (χ0n) is 14.1. The molecular formula is C11H20KNO10S3. The molecule has 15 heteroatoms. The van der Waals surface area contributed by atoms with Crippen LogP contribution in [-0.4, -0.2) is 91.1 Å². The van der Waals surface area contributed by atoms with E-state index in [1.807, 2.05) is 0 Å². The maximum Gasteiger partial charge on any atom is 1.00 e. The molecule has 11 nitrogen and oxygen atoms in total. The summed E-state index contributed by atoms with van der Waals surface area (Å²) in [4.78, 5) is 0. The third kappa shape index (κ3) is 9.68. The van der Waals surface area contributed by atoms with Crippen molar-refractivity contribution in [1.29, 1.82) is 0 Å². The first-order chi connectivity index (χ1) is 11.5. The molecule has 0 aliphatic carbocycles. The molecule has 0 spiro atoms. The van der Waals surface area contributed by atoms with Gasteiger partial charge in [0.1, 0.15) is 34.9 Å². The van der Waals surface area contributed by atoms with E-state index < -0.39 is 57.7 Å². The summed E-state index contributed by atoms with van der Waals surface area (Å²) >= 11 is 0.659. The Kier molecular flexibility index (Phi) is 13.4. The number of hydrogen-bond acceptors (Lipinski definition) is 12. The number of oxime groups is 1. The van der Waals surface area contributed by atoms with Crippen LogP contribution in [0.15, 0.2) is 5.16 Å². The predicted octanol–water partition coefficient (Wildman–Crippen LogP) is -5.53. The summed E-state index contributed by atoms with van der Waals surface area (Å²) in [6, 6.07) is 0. The molecule has 148 valence electrons. The van der Waals surface area contributed by atoms with Gasteiger partial charge in [-0.15, -0.1) is 0 Å². The first kappa shape index (κ1) is 27.3. The fourth-order valence-corrected chi connectivity index (χ4v) is 3.83. The van der Waals surface area contributed by atoms with Crippen LogP contribution in [0.25, 0.3) is 0 Å². The van der Waals surface area contributed by atoms with Gasteiger partial charge in [0.2, 0.25) is 0 Å². The minimum atomic E-state index is -5.09. The Hall–Kier alpha value is 1.32. The Balaban J connectivity index is 0.00000625. The van der Waals surface area contributed by atoms with E-state index in [0.29, 0.717) is 18.2 Å². The Labute approximate surface area is 200 Å². The largest absolute Gasteiger partial charge is 1.00 e. The molecule has 4 N–H and O–H groups in total. The van der Waals surface area contributed by atoms with E-state index in [1.165, 1.54) is 6.26 Å². The van der Waals surface area contributed by atoms with Crippen LogP contribution < -0.4 is 51.4 Å². The number of thioether (sulfide) groups is 1. The van der Waals surface area contributed by atoms with Crippen molar-refractivity contribution in [2.24, 2.45) is 5.16 Å². The molecule has 1 rings (SSSR count). The number of rotatable bonds is 8. The van der Waals surface area contributed by atoms with Gasteiger partial charge in [-0.1, -0.05) is 16.9 Å². The fraction of sp³-hybridized carbons (Fsp3) is 0.909. The zero-order chi connectivity index (χ0) is 19.2. The topological polar surface area (TPSA) is 186 Å². The van der Waals surface area contributed by atoms with Crippen molar-refractivity contribution in [3.63, 3.8) is 0 Å². The van der Waals surface area contributed by atoms with Gasteiger partial charge in [-0.3, -0.25) is 8.49 Å². The summed E-state index contributed by atoms with van der Waals surface area (Å²) < 4.78 is 51.8. The summed E-state index contributed by atoms with van der Waals surface area (Å²) in [5.41, 5.74) is -1.21. The first-order valence-electron chi connectivity index (χ1n) is 7.03. The van der Waals surface area contributed by atoms with Gasteiger partial charge in [-0.05, 0) is 6.42 Å². The third-order valence-electron chi connectivity index (χ3n) is 3.15. The van der Waals surface area contributed by atoms with E-state index >= 15 is 0 Å². The predicted molar refractivity (Wildman–Crippen MR) is 87.7 cm³/mol. The van der Waals surface area contributed by atoms with Gasteiger partial charge in [0.25, 0.3) is 10.4 Å². The van der Waals surface area contributed by atoms with Crippen molar-refractivity contribution >= 4 is 38.0 Å². The van der Waals surface area contributed by atoms with Gasteiger partial charge >= 0.3 is 51.4 Å². The Morgan fingerprint density at radius 2 is 1.92 bits per heavy atom. The summed E-state index contributed by atoms with van der Waals surface area (Å²) in [5, 5.41) is 41.7. The minimum absolute atomic E-state index is 0. The smallest absolute Gasteiger partial charge is 0.714 e. The van der Waals surface area contributed by atoms with Gasteiger partial charge in [-0.2, -0.15) is 8.42 Å². The van der Waals surface area contributed by atoms with E-state index in [4.69, 9.17) is 9.84 Å². The molecule has 0 aromatic heterocycles. The van der Waals surface area contributed by atoms with Crippen molar-refractivity contribution in [2.75, 3.05) is 18.6 Å². The van der Waals surface area contributed by atoms with Gasteiger partial charge < -0.3 is 29.7 Å². The molecule has 1 saturated heterocycles. The van der Waals surface area contributed by atoms with Crippen LogP contribution in [0.4, 0.5) is 0 Å². The van der Waals surface area contributed by atoms with Crippen molar-refractivity contribution in [1.82, 2.24) is 0 Å². The fourth-order valence-electron chi connectivity index (χ4n) is 1.94. The molecule has 26 heavy (non-hydrogen) atoms. The third-order valence-corrected chi connectivity index (χ3v) is 5.45. The summed E-state index contributed by atoms with van der Waals surface area (Å²) in [6.07, 6.45) is -4.03. The van der Waals surface area contributed by atoms with Crippen molar-refractivity contribution < 1.29 is 98.0 Å². The SMILES string of the molecule is CS(=O)CCCC(=NOS(=O)(=O)[O-])S[C@@H]1O[C@H](CO)[C@@H](O)[C@H](O)[C@H]1O.[K+]. The average Bonchev–Trinajstić information content (AvgIpc) is 2.51. The van der Waals surface area contributed by atoms with Gasteiger partial charge in [0.15, 0.2) is 0 Å². The molecule has 0 aromatic carbocycles. The number of aliphatic hydroxyl groups is 4. The summed E-state index contributed by atoms with van der Waals surface area (Å²) in [5.74, 6) is 0.276. The number of ether oxygens (including phenoxy) is 1. The zero-order valence-corrected chi connectivity index (χ0v) is 19.7. The van der Waals surface area contributed by atoms with E-state index in [2.05, 4.69) is 9.44 Å². The molecule has 0 amide bonds. The van der Waals surface area contributed by atoms with Crippen LogP contribution in [0.5, 0.6) is 0 Å². The van der Waals surface area contributed by atoms with Crippen LogP contribution >= 0.6 is 11.8 Å². The number of hydrogen-bond donors (Lipinski definition) is 4. The molecule has 0 bridgehead atoms. The molecule has 1 heterocycles. The van der Waals surface area contributed by atoms with Crippen molar-refractivity contribution in [3.8, 4) is 0 Å². The molecule has 1 aliphatic rings. The molecule has 1 fully saturated rings. The van der Waals surface area contributed by atoms with Crippen LogP contribution in [-0.2, 0) is 30.2 Å². The van der Waals surface area contributed by atoms with Crippen molar-refractivity contribution in [2.45, 2.75) is 42.7 Å². The summed E-state index contributed by atoms with van der Waals surface area (Å²) in [7, 11) is -6.20. The Bertz CT molecular complexity index is 587. The summed E-state index contributed by atoms with van der Waals surface area (Å²) in [6.45, 7) is -0.630. The van der Waals surface area contributed by atoms with Gasteiger partial charge in [0, 0.05) is 29.2 Å². The monoisotopic (exact) mass is 461 g/mol. The van der Waals surface area contributed by atoms with Gasteiger partial charge in [0.05, 0.1) is 6.61 Å². The average molecular weight is 462 g/mol. The Morgan fingerprint density at radius 1 is 1.31 bits per heavy atom. The molecule has 0 radical (unpaired) electrons. The second-order valence-electron chi connectivity index (χ2n) is 5.16. The maximum atomic E-state index is 11.1. The minimum Gasteiger partial charge on any atom is -0.714 e. The molecule has 1 aliphatic heterocycles. The molecular weight excluding hydrogens is 441 g/mol.